The van der Waals surface area contributed by atoms with E-state index in [9.17, 15) is 0 Å². The highest BCUT2D eigenvalue weighted by atomic mass is 79.9. The molecule has 1 aliphatic heterocycles. The molecule has 2 rings (SSSR count). The highest BCUT2D eigenvalue weighted by Gasteiger charge is 2.31. The minimum atomic E-state index is 0.234. The molecular weight excluding hydrogens is 230 g/mol. The van der Waals surface area contributed by atoms with Crippen molar-refractivity contribution >= 4 is 15.9 Å². The SMILES string of the molecule is CNC1COC1c1ccc(Br)cc1. The summed E-state index contributed by atoms with van der Waals surface area (Å²) in [5, 5.41) is 3.23. The monoisotopic (exact) mass is 241 g/mol. The molecule has 1 heterocycles. The number of nitrogens with one attached hydrogen (secondary N) is 1. The molecule has 0 spiro atoms. The lowest BCUT2D eigenvalue weighted by Crippen LogP contribution is -2.46. The molecule has 2 unspecified atom stereocenters. The molecule has 1 fully saturated rings. The molecule has 1 aromatic rings. The summed E-state index contributed by atoms with van der Waals surface area (Å²) in [5.74, 6) is 0. The second-order valence-electron chi connectivity index (χ2n) is 3.20. The standard InChI is InChI=1S/C10H12BrNO/c1-12-9-6-13-10(9)7-2-4-8(11)5-3-7/h2-5,9-10,12H,6H2,1H3. The third-order valence-electron chi connectivity index (χ3n) is 2.39. The minimum absolute atomic E-state index is 0.234. The molecule has 0 amide bonds. The Hall–Kier alpha value is -0.380. The van der Waals surface area contributed by atoms with Gasteiger partial charge in [-0.2, -0.15) is 0 Å². The van der Waals surface area contributed by atoms with E-state index in [-0.39, 0.29) is 6.10 Å². The summed E-state index contributed by atoms with van der Waals surface area (Å²) in [6.45, 7) is 0.817. The molecule has 1 aromatic carbocycles. The van der Waals surface area contributed by atoms with Gasteiger partial charge in [0.25, 0.3) is 0 Å². The summed E-state index contributed by atoms with van der Waals surface area (Å²) in [6, 6.07) is 8.76. The van der Waals surface area contributed by atoms with Crippen molar-refractivity contribution in [3.05, 3.63) is 34.3 Å². The van der Waals surface area contributed by atoms with Gasteiger partial charge in [-0.25, -0.2) is 0 Å². The van der Waals surface area contributed by atoms with Crippen molar-refractivity contribution in [2.45, 2.75) is 12.1 Å². The van der Waals surface area contributed by atoms with Gasteiger partial charge in [-0.1, -0.05) is 28.1 Å². The first-order valence-corrected chi connectivity index (χ1v) is 5.15. The van der Waals surface area contributed by atoms with E-state index >= 15 is 0 Å². The van der Waals surface area contributed by atoms with Crippen molar-refractivity contribution in [1.82, 2.24) is 5.32 Å². The fourth-order valence-electron chi connectivity index (χ4n) is 1.50. The smallest absolute Gasteiger partial charge is 0.100 e. The molecule has 2 atom stereocenters. The Morgan fingerprint density at radius 1 is 1.38 bits per heavy atom. The van der Waals surface area contributed by atoms with Crippen LogP contribution in [0.1, 0.15) is 11.7 Å². The van der Waals surface area contributed by atoms with Gasteiger partial charge < -0.3 is 10.1 Å². The molecule has 2 nitrogen and oxygen atoms in total. The Morgan fingerprint density at radius 3 is 2.54 bits per heavy atom. The number of rotatable bonds is 2. The normalized spacial score (nSPS) is 26.9. The van der Waals surface area contributed by atoms with Gasteiger partial charge in [0.2, 0.25) is 0 Å². The van der Waals surface area contributed by atoms with Crippen LogP contribution >= 0.6 is 15.9 Å². The van der Waals surface area contributed by atoms with Gasteiger partial charge in [0.1, 0.15) is 6.10 Å². The first-order valence-electron chi connectivity index (χ1n) is 4.35. The molecule has 1 N–H and O–H groups in total. The molecule has 1 aliphatic rings. The predicted octanol–water partition coefficient (Wildman–Crippen LogP) is 2.11. The van der Waals surface area contributed by atoms with Crippen LogP contribution in [0, 0.1) is 0 Å². The Balaban J connectivity index is 2.12. The summed E-state index contributed by atoms with van der Waals surface area (Å²) in [5.41, 5.74) is 1.24. The van der Waals surface area contributed by atoms with E-state index in [0.717, 1.165) is 11.1 Å². The van der Waals surface area contributed by atoms with Gasteiger partial charge >= 0.3 is 0 Å². The maximum Gasteiger partial charge on any atom is 0.100 e. The van der Waals surface area contributed by atoms with Crippen LogP contribution in [-0.2, 0) is 4.74 Å². The van der Waals surface area contributed by atoms with E-state index < -0.39 is 0 Å². The maximum atomic E-state index is 5.48. The fourth-order valence-corrected chi connectivity index (χ4v) is 1.77. The topological polar surface area (TPSA) is 21.3 Å². The second-order valence-corrected chi connectivity index (χ2v) is 4.12. The highest BCUT2D eigenvalue weighted by Crippen LogP contribution is 2.30. The Bertz CT molecular complexity index is 283. The van der Waals surface area contributed by atoms with Crippen LogP contribution in [0.5, 0.6) is 0 Å². The summed E-state index contributed by atoms with van der Waals surface area (Å²) in [7, 11) is 1.97. The van der Waals surface area contributed by atoms with Gasteiger partial charge in [-0.15, -0.1) is 0 Å². The van der Waals surface area contributed by atoms with E-state index in [1.54, 1.807) is 0 Å². The summed E-state index contributed by atoms with van der Waals surface area (Å²) < 4.78 is 6.59. The lowest BCUT2D eigenvalue weighted by molar-refractivity contribution is -0.0872. The van der Waals surface area contributed by atoms with Gasteiger partial charge in [0, 0.05) is 4.47 Å². The zero-order valence-electron chi connectivity index (χ0n) is 7.46. The summed E-state index contributed by atoms with van der Waals surface area (Å²) in [6.07, 6.45) is 0.234. The van der Waals surface area contributed by atoms with Crippen molar-refractivity contribution in [2.24, 2.45) is 0 Å². The van der Waals surface area contributed by atoms with Crippen LogP contribution < -0.4 is 5.32 Å². The zero-order chi connectivity index (χ0) is 9.26. The Labute approximate surface area is 86.4 Å². The van der Waals surface area contributed by atoms with E-state index in [4.69, 9.17) is 4.74 Å². The lowest BCUT2D eigenvalue weighted by atomic mass is 9.99. The van der Waals surface area contributed by atoms with Crippen LogP contribution in [0.2, 0.25) is 0 Å². The largest absolute Gasteiger partial charge is 0.370 e. The number of hydrogen-bond donors (Lipinski definition) is 1. The van der Waals surface area contributed by atoms with Gasteiger partial charge in [0.05, 0.1) is 12.6 Å². The van der Waals surface area contributed by atoms with E-state index in [0.29, 0.717) is 6.04 Å². The van der Waals surface area contributed by atoms with Crippen molar-refractivity contribution in [1.29, 1.82) is 0 Å². The Morgan fingerprint density at radius 2 is 2.08 bits per heavy atom. The number of ether oxygens (including phenoxy) is 1. The average Bonchev–Trinajstić information content (AvgIpc) is 2.08. The number of likely N-dealkylation sites (N-methyl/N-ethyl adjacent to an activating group) is 1. The third kappa shape index (κ3) is 1.77. The molecule has 3 heteroatoms. The number of hydrogen-bond acceptors (Lipinski definition) is 2. The van der Waals surface area contributed by atoms with Crippen LogP contribution in [0.25, 0.3) is 0 Å². The molecule has 0 radical (unpaired) electrons. The zero-order valence-corrected chi connectivity index (χ0v) is 9.04. The molecule has 0 aliphatic carbocycles. The molecule has 0 bridgehead atoms. The minimum Gasteiger partial charge on any atom is -0.370 e. The van der Waals surface area contributed by atoms with Gasteiger partial charge in [-0.05, 0) is 24.7 Å². The molecule has 0 aromatic heterocycles. The molecule has 70 valence electrons. The Kier molecular flexibility index (Phi) is 2.67. The molecular formula is C10H12BrNO. The van der Waals surface area contributed by atoms with Crippen molar-refractivity contribution in [3.63, 3.8) is 0 Å². The fraction of sp³-hybridized carbons (Fsp3) is 0.400. The maximum absolute atomic E-state index is 5.48. The first-order chi connectivity index (χ1) is 6.31. The first kappa shape index (κ1) is 9.19. The van der Waals surface area contributed by atoms with Crippen molar-refractivity contribution in [2.75, 3.05) is 13.7 Å². The lowest BCUT2D eigenvalue weighted by Gasteiger charge is -2.36. The van der Waals surface area contributed by atoms with E-state index in [2.05, 4.69) is 33.4 Å². The molecule has 13 heavy (non-hydrogen) atoms. The highest BCUT2D eigenvalue weighted by molar-refractivity contribution is 9.10. The predicted molar refractivity (Wildman–Crippen MR) is 55.7 cm³/mol. The summed E-state index contributed by atoms with van der Waals surface area (Å²) in [4.78, 5) is 0. The average molecular weight is 242 g/mol. The number of benzene rings is 1. The van der Waals surface area contributed by atoms with Crippen molar-refractivity contribution < 1.29 is 4.74 Å². The van der Waals surface area contributed by atoms with Crippen LogP contribution in [-0.4, -0.2) is 19.7 Å². The van der Waals surface area contributed by atoms with Crippen LogP contribution in [0.15, 0.2) is 28.7 Å². The third-order valence-corrected chi connectivity index (χ3v) is 2.92. The van der Waals surface area contributed by atoms with Crippen LogP contribution in [0.4, 0.5) is 0 Å². The quantitative estimate of drug-likeness (QED) is 0.857. The van der Waals surface area contributed by atoms with E-state index in [1.165, 1.54) is 5.56 Å². The van der Waals surface area contributed by atoms with E-state index in [1.807, 2.05) is 19.2 Å². The molecule has 1 saturated heterocycles. The van der Waals surface area contributed by atoms with Crippen molar-refractivity contribution in [3.8, 4) is 0 Å². The van der Waals surface area contributed by atoms with Crippen LogP contribution in [0.3, 0.4) is 0 Å². The van der Waals surface area contributed by atoms with Gasteiger partial charge in [-0.3, -0.25) is 0 Å². The molecule has 0 saturated carbocycles. The van der Waals surface area contributed by atoms with Gasteiger partial charge in [0.15, 0.2) is 0 Å². The summed E-state index contributed by atoms with van der Waals surface area (Å²) >= 11 is 3.41. The second kappa shape index (κ2) is 3.78. The number of halogens is 1.